The molecule has 4 nitrogen and oxygen atoms in total. The van der Waals surface area contributed by atoms with Crippen molar-refractivity contribution in [2.24, 2.45) is 0 Å². The highest BCUT2D eigenvalue weighted by Gasteiger charge is 2.30. The summed E-state index contributed by atoms with van der Waals surface area (Å²) >= 11 is 0. The van der Waals surface area contributed by atoms with Gasteiger partial charge in [-0.05, 0) is 18.2 Å². The lowest BCUT2D eigenvalue weighted by Gasteiger charge is -2.09. The molecule has 0 aliphatic heterocycles. The summed E-state index contributed by atoms with van der Waals surface area (Å²) in [6.07, 6.45) is -1.65. The summed E-state index contributed by atoms with van der Waals surface area (Å²) in [6, 6.07) is 4.78. The average Bonchev–Trinajstić information content (AvgIpc) is 2.31. The first-order valence-corrected chi connectivity index (χ1v) is 4.97. The van der Waals surface area contributed by atoms with Gasteiger partial charge in [-0.1, -0.05) is 6.07 Å². The number of aromatic nitrogens is 2. The number of alkyl halides is 3. The van der Waals surface area contributed by atoms with Gasteiger partial charge >= 0.3 is 6.18 Å². The van der Waals surface area contributed by atoms with Crippen LogP contribution in [0, 0.1) is 0 Å². The topological polar surface area (TPSA) is 63.8 Å². The summed E-state index contributed by atoms with van der Waals surface area (Å²) in [5.74, 6) is 0.184. The van der Waals surface area contributed by atoms with Gasteiger partial charge in [-0.15, -0.1) is 0 Å². The Kier molecular flexibility index (Phi) is 3.05. The van der Waals surface area contributed by atoms with Gasteiger partial charge in [0.05, 0.1) is 23.6 Å². The molecule has 18 heavy (non-hydrogen) atoms. The molecule has 0 radical (unpaired) electrons. The minimum Gasteiger partial charge on any atom is -0.396 e. The van der Waals surface area contributed by atoms with Crippen LogP contribution in [-0.2, 0) is 6.18 Å². The number of anilines is 3. The lowest BCUT2D eigenvalue weighted by atomic mass is 10.2. The monoisotopic (exact) mass is 254 g/mol. The first kappa shape index (κ1) is 12.2. The molecule has 1 heterocycles. The first-order chi connectivity index (χ1) is 8.45. The van der Waals surface area contributed by atoms with Crippen molar-refractivity contribution in [3.05, 3.63) is 42.2 Å². The normalized spacial score (nSPS) is 11.3. The fourth-order valence-corrected chi connectivity index (χ4v) is 1.30. The van der Waals surface area contributed by atoms with Gasteiger partial charge in [-0.2, -0.15) is 13.2 Å². The molecule has 0 unspecified atom stereocenters. The third-order valence-corrected chi connectivity index (χ3v) is 2.12. The van der Waals surface area contributed by atoms with Crippen LogP contribution in [0.1, 0.15) is 5.56 Å². The van der Waals surface area contributed by atoms with Gasteiger partial charge < -0.3 is 11.1 Å². The highest BCUT2D eigenvalue weighted by Crippen LogP contribution is 2.31. The fraction of sp³-hybridized carbons (Fsp3) is 0.0909. The van der Waals surface area contributed by atoms with Crippen molar-refractivity contribution in [3.8, 4) is 0 Å². The van der Waals surface area contributed by atoms with Gasteiger partial charge in [0.25, 0.3) is 0 Å². The van der Waals surface area contributed by atoms with E-state index in [0.29, 0.717) is 5.69 Å². The van der Waals surface area contributed by atoms with Crippen molar-refractivity contribution < 1.29 is 13.2 Å². The van der Waals surface area contributed by atoms with E-state index in [2.05, 4.69) is 15.3 Å². The SMILES string of the molecule is Nc1cnc(Nc2cccc(C(F)(F)F)c2)nc1. The Labute approximate surface area is 101 Å². The van der Waals surface area contributed by atoms with Crippen LogP contribution in [0.2, 0.25) is 0 Å². The lowest BCUT2D eigenvalue weighted by molar-refractivity contribution is -0.137. The van der Waals surface area contributed by atoms with E-state index in [0.717, 1.165) is 12.1 Å². The van der Waals surface area contributed by atoms with E-state index in [9.17, 15) is 13.2 Å². The van der Waals surface area contributed by atoms with E-state index in [1.54, 1.807) is 0 Å². The van der Waals surface area contributed by atoms with Crippen molar-refractivity contribution in [1.82, 2.24) is 9.97 Å². The van der Waals surface area contributed by atoms with Gasteiger partial charge in [-0.3, -0.25) is 0 Å². The maximum Gasteiger partial charge on any atom is 0.416 e. The molecule has 0 saturated carbocycles. The number of nitrogens with two attached hydrogens (primary N) is 1. The second kappa shape index (κ2) is 4.52. The van der Waals surface area contributed by atoms with Crippen LogP contribution in [0.15, 0.2) is 36.7 Å². The van der Waals surface area contributed by atoms with Crippen molar-refractivity contribution in [2.45, 2.75) is 6.18 Å². The average molecular weight is 254 g/mol. The van der Waals surface area contributed by atoms with E-state index in [1.807, 2.05) is 0 Å². The van der Waals surface area contributed by atoms with Crippen molar-refractivity contribution in [3.63, 3.8) is 0 Å². The Morgan fingerprint density at radius 2 is 1.78 bits per heavy atom. The highest BCUT2D eigenvalue weighted by molar-refractivity contribution is 5.55. The largest absolute Gasteiger partial charge is 0.416 e. The number of benzene rings is 1. The molecule has 1 aromatic heterocycles. The van der Waals surface area contributed by atoms with Crippen molar-refractivity contribution >= 4 is 17.3 Å². The van der Waals surface area contributed by atoms with Gasteiger partial charge in [0.1, 0.15) is 0 Å². The minimum atomic E-state index is -4.38. The molecular weight excluding hydrogens is 245 g/mol. The number of nitrogens with one attached hydrogen (secondary N) is 1. The number of nitrogen functional groups attached to an aromatic ring is 1. The van der Waals surface area contributed by atoms with E-state index >= 15 is 0 Å². The van der Waals surface area contributed by atoms with E-state index in [-0.39, 0.29) is 11.6 Å². The number of hydrogen-bond acceptors (Lipinski definition) is 4. The van der Waals surface area contributed by atoms with Crippen molar-refractivity contribution in [2.75, 3.05) is 11.1 Å². The molecule has 0 saturated heterocycles. The molecule has 1 aromatic carbocycles. The van der Waals surface area contributed by atoms with E-state index in [1.165, 1.54) is 24.5 Å². The standard InChI is InChI=1S/C11H9F3N4/c12-11(13,14)7-2-1-3-9(4-7)18-10-16-5-8(15)6-17-10/h1-6H,15H2,(H,16,17,18). The summed E-state index contributed by atoms with van der Waals surface area (Å²) in [6.45, 7) is 0. The van der Waals surface area contributed by atoms with Crippen LogP contribution in [0.25, 0.3) is 0 Å². The third-order valence-electron chi connectivity index (χ3n) is 2.12. The summed E-state index contributed by atoms with van der Waals surface area (Å²) in [5, 5.41) is 2.67. The quantitative estimate of drug-likeness (QED) is 0.864. The Balaban J connectivity index is 2.22. The van der Waals surface area contributed by atoms with Crippen LogP contribution in [0.4, 0.5) is 30.5 Å². The zero-order chi connectivity index (χ0) is 13.2. The molecule has 0 amide bonds. The maximum atomic E-state index is 12.5. The fourth-order valence-electron chi connectivity index (χ4n) is 1.30. The molecule has 2 aromatic rings. The zero-order valence-corrected chi connectivity index (χ0v) is 9.07. The summed E-state index contributed by atoms with van der Waals surface area (Å²) < 4.78 is 37.5. The second-order valence-electron chi connectivity index (χ2n) is 3.54. The molecule has 94 valence electrons. The molecule has 0 aliphatic rings. The van der Waals surface area contributed by atoms with Gasteiger partial charge in [0.2, 0.25) is 5.95 Å². The third kappa shape index (κ3) is 2.88. The smallest absolute Gasteiger partial charge is 0.396 e. The molecule has 0 spiro atoms. The Bertz CT molecular complexity index is 537. The van der Waals surface area contributed by atoms with E-state index < -0.39 is 11.7 Å². The van der Waals surface area contributed by atoms with Gasteiger partial charge in [0, 0.05) is 5.69 Å². The van der Waals surface area contributed by atoms with Gasteiger partial charge in [0.15, 0.2) is 0 Å². The van der Waals surface area contributed by atoms with Crippen LogP contribution in [-0.4, -0.2) is 9.97 Å². The second-order valence-corrected chi connectivity index (χ2v) is 3.54. The molecule has 0 fully saturated rings. The van der Waals surface area contributed by atoms with Crippen LogP contribution in [0.5, 0.6) is 0 Å². The van der Waals surface area contributed by atoms with E-state index in [4.69, 9.17) is 5.73 Å². The molecule has 3 N–H and O–H groups in total. The first-order valence-electron chi connectivity index (χ1n) is 4.97. The molecular formula is C11H9F3N4. The maximum absolute atomic E-state index is 12.5. The van der Waals surface area contributed by atoms with Crippen LogP contribution in [0.3, 0.4) is 0 Å². The number of rotatable bonds is 2. The number of nitrogens with zero attached hydrogens (tertiary/aromatic N) is 2. The zero-order valence-electron chi connectivity index (χ0n) is 9.07. The molecule has 0 aliphatic carbocycles. The predicted molar refractivity (Wildman–Crippen MR) is 61.2 cm³/mol. The Morgan fingerprint density at radius 3 is 2.39 bits per heavy atom. The number of halogens is 3. The summed E-state index contributed by atoms with van der Waals surface area (Å²) in [5.41, 5.74) is 5.30. The molecule has 7 heteroatoms. The van der Waals surface area contributed by atoms with Crippen LogP contribution < -0.4 is 11.1 Å². The minimum absolute atomic E-state index is 0.184. The Morgan fingerprint density at radius 1 is 1.11 bits per heavy atom. The summed E-state index contributed by atoms with van der Waals surface area (Å²) in [7, 11) is 0. The predicted octanol–water partition coefficient (Wildman–Crippen LogP) is 2.82. The van der Waals surface area contributed by atoms with Crippen molar-refractivity contribution in [1.29, 1.82) is 0 Å². The summed E-state index contributed by atoms with van der Waals surface area (Å²) in [4.78, 5) is 7.67. The number of hydrogen-bond donors (Lipinski definition) is 2. The van der Waals surface area contributed by atoms with Gasteiger partial charge in [-0.25, -0.2) is 9.97 Å². The Hall–Kier alpha value is -2.31. The molecule has 0 bridgehead atoms. The highest BCUT2D eigenvalue weighted by atomic mass is 19.4. The molecule has 0 atom stereocenters. The van der Waals surface area contributed by atoms with Crippen LogP contribution >= 0.6 is 0 Å². The lowest BCUT2D eigenvalue weighted by Crippen LogP contribution is -2.05. The molecule has 2 rings (SSSR count).